The number of H-pyrrole nitrogens is 1. The first-order valence-electron chi connectivity index (χ1n) is 7.89. The van der Waals surface area contributed by atoms with Crippen molar-refractivity contribution < 1.29 is 9.53 Å². The molecule has 1 unspecified atom stereocenters. The van der Waals surface area contributed by atoms with E-state index in [0.29, 0.717) is 18.8 Å². The van der Waals surface area contributed by atoms with Crippen molar-refractivity contribution in [3.05, 3.63) is 77.5 Å². The maximum absolute atomic E-state index is 11.9. The number of aromatic nitrogens is 2. The number of nitrogens with zero attached hydrogens (tertiary/aromatic N) is 1. The Morgan fingerprint density at radius 1 is 1.12 bits per heavy atom. The summed E-state index contributed by atoms with van der Waals surface area (Å²) in [6, 6.07) is 18.0. The van der Waals surface area contributed by atoms with Gasteiger partial charge in [-0.15, -0.1) is 0 Å². The minimum absolute atomic E-state index is 0.00669. The molecule has 1 aromatic heterocycles. The second kappa shape index (κ2) is 6.20. The molecule has 2 aromatic carbocycles. The van der Waals surface area contributed by atoms with E-state index in [1.807, 2.05) is 54.6 Å². The number of carbonyl (C=O) groups excluding carboxylic acids is 1. The first-order valence-corrected chi connectivity index (χ1v) is 7.89. The molecule has 1 aliphatic heterocycles. The smallest absolute Gasteiger partial charge is 0.226 e. The highest BCUT2D eigenvalue weighted by Crippen LogP contribution is 2.36. The summed E-state index contributed by atoms with van der Waals surface area (Å²) >= 11 is 0. The minimum atomic E-state index is -0.00708. The molecule has 1 amide bonds. The summed E-state index contributed by atoms with van der Waals surface area (Å²) in [6.45, 7) is 0.520. The molecule has 0 saturated carbocycles. The molecule has 0 radical (unpaired) electrons. The SMILES string of the molecule is O=C1CC(c2cccc(OCc3ccccc3)c2)c2cn[nH]c2N1. The van der Waals surface area contributed by atoms with E-state index in [-0.39, 0.29) is 11.8 Å². The third-order valence-electron chi connectivity index (χ3n) is 4.21. The molecular weight excluding hydrogens is 302 g/mol. The Balaban J connectivity index is 1.56. The monoisotopic (exact) mass is 319 g/mol. The quantitative estimate of drug-likeness (QED) is 0.774. The highest BCUT2D eigenvalue weighted by molar-refractivity contribution is 5.94. The maximum atomic E-state index is 11.9. The zero-order chi connectivity index (χ0) is 16.4. The van der Waals surface area contributed by atoms with E-state index in [1.165, 1.54) is 0 Å². The molecule has 24 heavy (non-hydrogen) atoms. The van der Waals surface area contributed by atoms with E-state index in [9.17, 15) is 4.79 Å². The summed E-state index contributed by atoms with van der Waals surface area (Å²) in [6.07, 6.45) is 2.19. The van der Waals surface area contributed by atoms with Crippen LogP contribution in [0.5, 0.6) is 5.75 Å². The van der Waals surface area contributed by atoms with Crippen molar-refractivity contribution in [3.63, 3.8) is 0 Å². The summed E-state index contributed by atoms with van der Waals surface area (Å²) in [7, 11) is 0. The van der Waals surface area contributed by atoms with Crippen molar-refractivity contribution in [2.75, 3.05) is 5.32 Å². The Morgan fingerprint density at radius 3 is 2.88 bits per heavy atom. The number of rotatable bonds is 4. The predicted molar refractivity (Wildman–Crippen MR) is 90.9 cm³/mol. The molecule has 1 atom stereocenters. The normalized spacial score (nSPS) is 16.3. The molecule has 4 rings (SSSR count). The van der Waals surface area contributed by atoms with Gasteiger partial charge in [0.25, 0.3) is 0 Å². The van der Waals surface area contributed by atoms with Crippen LogP contribution in [-0.4, -0.2) is 16.1 Å². The third-order valence-corrected chi connectivity index (χ3v) is 4.21. The summed E-state index contributed by atoms with van der Waals surface area (Å²) < 4.78 is 5.90. The standard InChI is InChI=1S/C19H17N3O2/c23-18-10-16(17-11-20-22-19(17)21-18)14-7-4-8-15(9-14)24-12-13-5-2-1-3-6-13/h1-9,11,16H,10,12H2,(H2,20,21,22,23). The number of amides is 1. The fourth-order valence-corrected chi connectivity index (χ4v) is 3.00. The number of aromatic amines is 1. The molecule has 2 N–H and O–H groups in total. The zero-order valence-electron chi connectivity index (χ0n) is 13.0. The first-order chi connectivity index (χ1) is 11.8. The fraction of sp³-hybridized carbons (Fsp3) is 0.158. The van der Waals surface area contributed by atoms with Crippen LogP contribution >= 0.6 is 0 Å². The lowest BCUT2D eigenvalue weighted by Crippen LogP contribution is -2.22. The van der Waals surface area contributed by atoms with Crippen molar-refractivity contribution in [2.24, 2.45) is 0 Å². The minimum Gasteiger partial charge on any atom is -0.489 e. The van der Waals surface area contributed by atoms with E-state index >= 15 is 0 Å². The van der Waals surface area contributed by atoms with Crippen molar-refractivity contribution in [1.29, 1.82) is 0 Å². The molecule has 0 bridgehead atoms. The second-order valence-electron chi connectivity index (χ2n) is 5.85. The fourth-order valence-electron chi connectivity index (χ4n) is 3.00. The van der Waals surface area contributed by atoms with Crippen LogP contribution in [0.4, 0.5) is 5.82 Å². The van der Waals surface area contributed by atoms with Crippen LogP contribution in [0.25, 0.3) is 0 Å². The van der Waals surface area contributed by atoms with Gasteiger partial charge in [0.1, 0.15) is 18.2 Å². The van der Waals surface area contributed by atoms with Crippen LogP contribution in [0.15, 0.2) is 60.8 Å². The average molecular weight is 319 g/mol. The molecular formula is C19H17N3O2. The van der Waals surface area contributed by atoms with Crippen LogP contribution < -0.4 is 10.1 Å². The Bertz CT molecular complexity index is 858. The van der Waals surface area contributed by atoms with Crippen LogP contribution in [0.3, 0.4) is 0 Å². The molecule has 0 aliphatic carbocycles. The first kappa shape index (κ1) is 14.5. The van der Waals surface area contributed by atoms with Gasteiger partial charge in [0, 0.05) is 17.9 Å². The molecule has 120 valence electrons. The van der Waals surface area contributed by atoms with E-state index in [0.717, 1.165) is 22.4 Å². The van der Waals surface area contributed by atoms with Crippen molar-refractivity contribution in [2.45, 2.75) is 18.9 Å². The van der Waals surface area contributed by atoms with Gasteiger partial charge in [0.05, 0.1) is 6.20 Å². The van der Waals surface area contributed by atoms with E-state index in [2.05, 4.69) is 15.5 Å². The van der Waals surface area contributed by atoms with E-state index in [4.69, 9.17) is 4.74 Å². The van der Waals surface area contributed by atoms with Crippen LogP contribution in [0.1, 0.15) is 29.0 Å². The van der Waals surface area contributed by atoms with Gasteiger partial charge < -0.3 is 10.1 Å². The number of hydrogen-bond donors (Lipinski definition) is 2. The Hall–Kier alpha value is -3.08. The van der Waals surface area contributed by atoms with Crippen molar-refractivity contribution in [3.8, 4) is 5.75 Å². The van der Waals surface area contributed by atoms with Crippen LogP contribution in [-0.2, 0) is 11.4 Å². The summed E-state index contributed by atoms with van der Waals surface area (Å²) in [5.74, 6) is 1.47. The van der Waals surface area contributed by atoms with Gasteiger partial charge in [-0.2, -0.15) is 5.10 Å². The number of hydrogen-bond acceptors (Lipinski definition) is 3. The molecule has 0 fully saturated rings. The van der Waals surface area contributed by atoms with Crippen molar-refractivity contribution >= 4 is 11.7 Å². The summed E-state index contributed by atoms with van der Waals surface area (Å²) in [5.41, 5.74) is 3.19. The third kappa shape index (κ3) is 2.88. The number of benzene rings is 2. The van der Waals surface area contributed by atoms with Gasteiger partial charge >= 0.3 is 0 Å². The van der Waals surface area contributed by atoms with Gasteiger partial charge in [-0.1, -0.05) is 42.5 Å². The second-order valence-corrected chi connectivity index (χ2v) is 5.85. The Labute approximate surface area is 139 Å². The largest absolute Gasteiger partial charge is 0.489 e. The van der Waals surface area contributed by atoms with E-state index < -0.39 is 0 Å². The highest BCUT2D eigenvalue weighted by atomic mass is 16.5. The molecule has 3 aromatic rings. The van der Waals surface area contributed by atoms with Crippen LogP contribution in [0, 0.1) is 0 Å². The predicted octanol–water partition coefficient (Wildman–Crippen LogP) is 3.46. The lowest BCUT2D eigenvalue weighted by molar-refractivity contribution is -0.116. The summed E-state index contributed by atoms with van der Waals surface area (Å²) in [5, 5.41) is 9.69. The highest BCUT2D eigenvalue weighted by Gasteiger charge is 2.28. The molecule has 2 heterocycles. The molecule has 0 spiro atoms. The maximum Gasteiger partial charge on any atom is 0.226 e. The van der Waals surface area contributed by atoms with Gasteiger partial charge in [-0.05, 0) is 23.3 Å². The molecule has 1 aliphatic rings. The molecule has 5 heteroatoms. The lowest BCUT2D eigenvalue weighted by Gasteiger charge is -2.22. The summed E-state index contributed by atoms with van der Waals surface area (Å²) in [4.78, 5) is 11.9. The topological polar surface area (TPSA) is 67.0 Å². The van der Waals surface area contributed by atoms with Gasteiger partial charge in [-0.3, -0.25) is 9.89 Å². The average Bonchev–Trinajstić information content (AvgIpc) is 3.08. The van der Waals surface area contributed by atoms with Gasteiger partial charge in [-0.25, -0.2) is 0 Å². The number of anilines is 1. The Morgan fingerprint density at radius 2 is 2.00 bits per heavy atom. The van der Waals surface area contributed by atoms with Crippen molar-refractivity contribution in [1.82, 2.24) is 10.2 Å². The zero-order valence-corrected chi connectivity index (χ0v) is 13.0. The van der Waals surface area contributed by atoms with Crippen LogP contribution in [0.2, 0.25) is 0 Å². The number of fused-ring (bicyclic) bond motifs is 1. The number of ether oxygens (including phenoxy) is 1. The molecule has 5 nitrogen and oxygen atoms in total. The van der Waals surface area contributed by atoms with Gasteiger partial charge in [0.15, 0.2) is 0 Å². The van der Waals surface area contributed by atoms with E-state index in [1.54, 1.807) is 6.20 Å². The molecule has 0 saturated heterocycles. The number of carbonyl (C=O) groups is 1. The Kier molecular flexibility index (Phi) is 3.75. The van der Waals surface area contributed by atoms with Gasteiger partial charge in [0.2, 0.25) is 5.91 Å². The lowest BCUT2D eigenvalue weighted by atomic mass is 9.87. The number of nitrogens with one attached hydrogen (secondary N) is 2.